The molecule has 3 atom stereocenters. The van der Waals surface area contributed by atoms with Gasteiger partial charge in [-0.05, 0) is 19.8 Å². The maximum absolute atomic E-state index is 12.4. The lowest BCUT2D eigenvalue weighted by Crippen LogP contribution is -2.36. The first-order valence-corrected chi connectivity index (χ1v) is 6.69. The Morgan fingerprint density at radius 2 is 1.69 bits per heavy atom. The van der Waals surface area contributed by atoms with E-state index in [1.165, 1.54) is 6.42 Å². The van der Waals surface area contributed by atoms with Crippen molar-refractivity contribution in [2.24, 2.45) is 0 Å². The van der Waals surface area contributed by atoms with Crippen molar-refractivity contribution < 1.29 is 17.9 Å². The summed E-state index contributed by atoms with van der Waals surface area (Å²) in [7, 11) is 0. The SMILES string of the molecule is CC(OC1CCCCCCC1Br)C(F)(F)F. The van der Waals surface area contributed by atoms with E-state index in [-0.39, 0.29) is 10.9 Å². The topological polar surface area (TPSA) is 9.23 Å². The first-order chi connectivity index (χ1) is 7.41. The molecule has 0 aliphatic heterocycles. The minimum absolute atomic E-state index is 0.0533. The Hall–Kier alpha value is 0.230. The molecule has 0 saturated heterocycles. The quantitative estimate of drug-likeness (QED) is 0.685. The molecule has 1 aliphatic carbocycles. The van der Waals surface area contributed by atoms with Crippen LogP contribution in [-0.2, 0) is 4.74 Å². The van der Waals surface area contributed by atoms with Gasteiger partial charge in [0.2, 0.25) is 0 Å². The molecule has 0 bridgehead atoms. The second-order valence-electron chi connectivity index (χ2n) is 4.37. The van der Waals surface area contributed by atoms with Crippen LogP contribution in [0.2, 0.25) is 0 Å². The van der Waals surface area contributed by atoms with Crippen molar-refractivity contribution in [3.63, 3.8) is 0 Å². The summed E-state index contributed by atoms with van der Waals surface area (Å²) < 4.78 is 42.2. The van der Waals surface area contributed by atoms with Crippen LogP contribution in [0.25, 0.3) is 0 Å². The zero-order valence-corrected chi connectivity index (χ0v) is 11.0. The smallest absolute Gasteiger partial charge is 0.365 e. The molecule has 0 amide bonds. The molecule has 96 valence electrons. The summed E-state index contributed by atoms with van der Waals surface area (Å²) in [6, 6.07) is 0. The fourth-order valence-corrected chi connectivity index (χ4v) is 2.61. The molecule has 0 aromatic rings. The van der Waals surface area contributed by atoms with Crippen LogP contribution in [0.3, 0.4) is 0 Å². The first-order valence-electron chi connectivity index (χ1n) is 5.77. The Labute approximate surface area is 103 Å². The fraction of sp³-hybridized carbons (Fsp3) is 1.00. The van der Waals surface area contributed by atoms with Gasteiger partial charge < -0.3 is 4.74 Å². The van der Waals surface area contributed by atoms with E-state index in [0.29, 0.717) is 0 Å². The summed E-state index contributed by atoms with van der Waals surface area (Å²) in [6.07, 6.45) is -0.327. The van der Waals surface area contributed by atoms with E-state index in [0.717, 1.165) is 39.0 Å². The van der Waals surface area contributed by atoms with Crippen LogP contribution in [-0.4, -0.2) is 23.2 Å². The first kappa shape index (κ1) is 14.3. The van der Waals surface area contributed by atoms with Crippen LogP contribution in [0.4, 0.5) is 13.2 Å². The van der Waals surface area contributed by atoms with E-state index < -0.39 is 12.3 Å². The summed E-state index contributed by atoms with van der Waals surface area (Å²) in [6.45, 7) is 1.08. The molecule has 1 saturated carbocycles. The van der Waals surface area contributed by atoms with E-state index >= 15 is 0 Å². The third kappa shape index (κ3) is 4.62. The van der Waals surface area contributed by atoms with Crippen LogP contribution in [0.1, 0.15) is 45.4 Å². The highest BCUT2D eigenvalue weighted by Gasteiger charge is 2.39. The number of rotatable bonds is 2. The zero-order chi connectivity index (χ0) is 12.2. The van der Waals surface area contributed by atoms with Gasteiger partial charge in [0.1, 0.15) is 0 Å². The highest BCUT2D eigenvalue weighted by atomic mass is 79.9. The summed E-state index contributed by atoms with van der Waals surface area (Å²) in [5, 5.41) is 0. The average Bonchev–Trinajstić information content (AvgIpc) is 2.16. The molecule has 0 N–H and O–H groups in total. The van der Waals surface area contributed by atoms with Gasteiger partial charge in [0, 0.05) is 4.83 Å². The number of ether oxygens (including phenoxy) is 1. The van der Waals surface area contributed by atoms with Gasteiger partial charge in [-0.15, -0.1) is 0 Å². The lowest BCUT2D eigenvalue weighted by atomic mass is 9.98. The minimum atomic E-state index is -4.25. The minimum Gasteiger partial charge on any atom is -0.365 e. The zero-order valence-electron chi connectivity index (χ0n) is 9.39. The molecular formula is C11H18BrF3O. The van der Waals surface area contributed by atoms with Gasteiger partial charge in [-0.25, -0.2) is 0 Å². The lowest BCUT2D eigenvalue weighted by Gasteiger charge is -2.29. The molecule has 0 radical (unpaired) electrons. The third-order valence-electron chi connectivity index (χ3n) is 2.96. The Balaban J connectivity index is 2.48. The molecule has 5 heteroatoms. The van der Waals surface area contributed by atoms with E-state index in [2.05, 4.69) is 15.9 Å². The molecular weight excluding hydrogens is 285 g/mol. The second kappa shape index (κ2) is 6.24. The largest absolute Gasteiger partial charge is 0.414 e. The summed E-state index contributed by atoms with van der Waals surface area (Å²) in [5.41, 5.74) is 0. The van der Waals surface area contributed by atoms with Gasteiger partial charge in [0.05, 0.1) is 6.10 Å². The number of hydrogen-bond acceptors (Lipinski definition) is 1. The molecule has 1 aliphatic rings. The van der Waals surface area contributed by atoms with Crippen molar-refractivity contribution >= 4 is 15.9 Å². The van der Waals surface area contributed by atoms with Gasteiger partial charge in [-0.1, -0.05) is 41.6 Å². The van der Waals surface area contributed by atoms with Gasteiger partial charge in [-0.2, -0.15) is 13.2 Å². The molecule has 16 heavy (non-hydrogen) atoms. The van der Waals surface area contributed by atoms with E-state index in [9.17, 15) is 13.2 Å². The van der Waals surface area contributed by atoms with Crippen molar-refractivity contribution in [2.75, 3.05) is 0 Å². The maximum atomic E-state index is 12.4. The van der Waals surface area contributed by atoms with Crippen LogP contribution in [0.5, 0.6) is 0 Å². The number of hydrogen-bond donors (Lipinski definition) is 0. The predicted molar refractivity (Wildman–Crippen MR) is 60.8 cm³/mol. The Morgan fingerprint density at radius 1 is 1.12 bits per heavy atom. The van der Waals surface area contributed by atoms with Gasteiger partial charge >= 0.3 is 6.18 Å². The van der Waals surface area contributed by atoms with Crippen molar-refractivity contribution in [2.45, 2.75) is 68.7 Å². The average molecular weight is 303 g/mol. The predicted octanol–water partition coefficient (Wildman–Crippen LogP) is 4.44. The molecule has 0 aromatic heterocycles. The van der Waals surface area contributed by atoms with Crippen molar-refractivity contribution in [1.29, 1.82) is 0 Å². The third-order valence-corrected chi connectivity index (χ3v) is 4.01. The fourth-order valence-electron chi connectivity index (χ4n) is 1.90. The second-order valence-corrected chi connectivity index (χ2v) is 5.54. The number of halogens is 4. The molecule has 1 nitrogen and oxygen atoms in total. The van der Waals surface area contributed by atoms with Crippen LogP contribution < -0.4 is 0 Å². The molecule has 0 aromatic carbocycles. The van der Waals surface area contributed by atoms with E-state index in [1.807, 2.05) is 0 Å². The molecule has 1 rings (SSSR count). The number of alkyl halides is 4. The van der Waals surface area contributed by atoms with Crippen LogP contribution in [0, 0.1) is 0 Å². The van der Waals surface area contributed by atoms with Crippen LogP contribution >= 0.6 is 15.9 Å². The van der Waals surface area contributed by atoms with Gasteiger partial charge in [0.15, 0.2) is 6.10 Å². The van der Waals surface area contributed by atoms with Gasteiger partial charge in [-0.3, -0.25) is 0 Å². The molecule has 0 heterocycles. The summed E-state index contributed by atoms with van der Waals surface area (Å²) >= 11 is 3.44. The van der Waals surface area contributed by atoms with Gasteiger partial charge in [0.25, 0.3) is 0 Å². The summed E-state index contributed by atoms with van der Waals surface area (Å²) in [5.74, 6) is 0. The normalized spacial score (nSPS) is 30.6. The van der Waals surface area contributed by atoms with Crippen molar-refractivity contribution in [3.05, 3.63) is 0 Å². The Kier molecular flexibility index (Phi) is 5.57. The molecule has 1 fully saturated rings. The molecule has 3 unspecified atom stereocenters. The highest BCUT2D eigenvalue weighted by molar-refractivity contribution is 9.09. The van der Waals surface area contributed by atoms with Crippen molar-refractivity contribution in [1.82, 2.24) is 0 Å². The molecule has 0 spiro atoms. The van der Waals surface area contributed by atoms with E-state index in [4.69, 9.17) is 4.74 Å². The highest BCUT2D eigenvalue weighted by Crippen LogP contribution is 2.30. The monoisotopic (exact) mass is 302 g/mol. The Bertz CT molecular complexity index is 208. The standard InChI is InChI=1S/C11H18BrF3O/c1-8(11(13,14)15)16-10-7-5-3-2-4-6-9(10)12/h8-10H,2-7H2,1H3. The summed E-state index contributed by atoms with van der Waals surface area (Å²) in [4.78, 5) is 0.0533. The van der Waals surface area contributed by atoms with Crippen LogP contribution in [0.15, 0.2) is 0 Å². The Morgan fingerprint density at radius 3 is 2.25 bits per heavy atom. The maximum Gasteiger partial charge on any atom is 0.414 e. The van der Waals surface area contributed by atoms with E-state index in [1.54, 1.807) is 0 Å². The lowest BCUT2D eigenvalue weighted by molar-refractivity contribution is -0.227. The van der Waals surface area contributed by atoms with Crippen molar-refractivity contribution in [3.8, 4) is 0 Å².